The minimum Gasteiger partial charge on any atom is -0.497 e. The molecule has 1 N–H and O–H groups in total. The maximum Gasteiger partial charge on any atom is 0.223 e. The zero-order valence-electron chi connectivity index (χ0n) is 16.3. The number of benzene rings is 2. The van der Waals surface area contributed by atoms with E-state index >= 15 is 0 Å². The lowest BCUT2D eigenvalue weighted by molar-refractivity contribution is -0.131. The Hall–Kier alpha value is -2.53. The van der Waals surface area contributed by atoms with Crippen LogP contribution in [0.15, 0.2) is 48.5 Å². The molecule has 0 radical (unpaired) electrons. The van der Waals surface area contributed by atoms with Gasteiger partial charge in [0.15, 0.2) is 0 Å². The fourth-order valence-electron chi connectivity index (χ4n) is 3.30. The molecule has 0 aliphatic carbocycles. The molecule has 0 unspecified atom stereocenters. The Kier molecular flexibility index (Phi) is 6.71. The molecule has 0 bridgehead atoms. The second kappa shape index (κ2) is 9.42. The minimum absolute atomic E-state index is 0.237. The van der Waals surface area contributed by atoms with Gasteiger partial charge in [-0.1, -0.05) is 29.8 Å². The van der Waals surface area contributed by atoms with E-state index in [2.05, 4.69) is 53.5 Å². The van der Waals surface area contributed by atoms with Gasteiger partial charge in [0.25, 0.3) is 0 Å². The van der Waals surface area contributed by atoms with Gasteiger partial charge >= 0.3 is 0 Å². The lowest BCUT2D eigenvalue weighted by Gasteiger charge is -2.36. The molecule has 1 saturated heterocycles. The van der Waals surface area contributed by atoms with Gasteiger partial charge in [0.1, 0.15) is 5.75 Å². The average Bonchev–Trinajstić information content (AvgIpc) is 2.72. The molecule has 1 aliphatic rings. The lowest BCUT2D eigenvalue weighted by atomic mass is 10.1. The van der Waals surface area contributed by atoms with Crippen molar-refractivity contribution in [2.75, 3.05) is 44.7 Å². The van der Waals surface area contributed by atoms with Gasteiger partial charge in [-0.2, -0.15) is 0 Å². The van der Waals surface area contributed by atoms with Crippen LogP contribution in [0.1, 0.15) is 17.5 Å². The number of carbonyl (C=O) groups is 1. The van der Waals surface area contributed by atoms with E-state index < -0.39 is 0 Å². The monoisotopic (exact) mass is 367 g/mol. The van der Waals surface area contributed by atoms with Crippen molar-refractivity contribution in [2.45, 2.75) is 19.9 Å². The molecule has 1 fully saturated rings. The SMILES string of the molecule is COc1ccc(N2CCN(C(=O)CCNCc3ccc(C)cc3)CC2)cc1. The fraction of sp³-hybridized carbons (Fsp3) is 0.409. The normalized spacial score (nSPS) is 14.3. The summed E-state index contributed by atoms with van der Waals surface area (Å²) in [5, 5.41) is 3.37. The number of anilines is 1. The Bertz CT molecular complexity index is 720. The van der Waals surface area contributed by atoms with Crippen LogP contribution in [0.4, 0.5) is 5.69 Å². The summed E-state index contributed by atoms with van der Waals surface area (Å²) >= 11 is 0. The molecule has 1 amide bonds. The lowest BCUT2D eigenvalue weighted by Crippen LogP contribution is -2.49. The molecule has 5 nitrogen and oxygen atoms in total. The maximum absolute atomic E-state index is 12.4. The average molecular weight is 367 g/mol. The van der Waals surface area contributed by atoms with Crippen LogP contribution in [0.3, 0.4) is 0 Å². The number of hydrogen-bond acceptors (Lipinski definition) is 4. The molecular formula is C22H29N3O2. The Morgan fingerprint density at radius 3 is 2.30 bits per heavy atom. The van der Waals surface area contributed by atoms with Gasteiger partial charge in [-0.3, -0.25) is 4.79 Å². The second-order valence-corrected chi connectivity index (χ2v) is 6.98. The standard InChI is InChI=1S/C22H29N3O2/c1-18-3-5-19(6-4-18)17-23-12-11-22(26)25-15-13-24(14-16-25)20-7-9-21(27-2)10-8-20/h3-10,23H,11-17H2,1-2H3. The highest BCUT2D eigenvalue weighted by Crippen LogP contribution is 2.20. The van der Waals surface area contributed by atoms with E-state index in [0.717, 1.165) is 38.5 Å². The molecule has 2 aromatic carbocycles. The molecule has 1 aliphatic heterocycles. The molecule has 0 spiro atoms. The summed E-state index contributed by atoms with van der Waals surface area (Å²) in [5.41, 5.74) is 3.70. The van der Waals surface area contributed by atoms with Crippen LogP contribution >= 0.6 is 0 Å². The van der Waals surface area contributed by atoms with Crippen molar-refractivity contribution >= 4 is 11.6 Å². The summed E-state index contributed by atoms with van der Waals surface area (Å²) in [4.78, 5) is 16.7. The first-order valence-corrected chi connectivity index (χ1v) is 9.59. The van der Waals surface area contributed by atoms with Gasteiger partial charge in [-0.15, -0.1) is 0 Å². The molecule has 0 saturated carbocycles. The number of ether oxygens (including phenoxy) is 1. The van der Waals surface area contributed by atoms with E-state index in [1.807, 2.05) is 17.0 Å². The number of hydrogen-bond donors (Lipinski definition) is 1. The highest BCUT2D eigenvalue weighted by atomic mass is 16.5. The Balaban J connectivity index is 1.37. The third-order valence-electron chi connectivity index (χ3n) is 5.04. The van der Waals surface area contributed by atoms with Crippen molar-refractivity contribution < 1.29 is 9.53 Å². The van der Waals surface area contributed by atoms with Crippen molar-refractivity contribution in [2.24, 2.45) is 0 Å². The summed E-state index contributed by atoms with van der Waals surface area (Å²) in [5.74, 6) is 1.10. The molecular weight excluding hydrogens is 338 g/mol. The summed E-state index contributed by atoms with van der Waals surface area (Å²) in [7, 11) is 1.68. The first-order valence-electron chi connectivity index (χ1n) is 9.59. The number of carbonyl (C=O) groups excluding carboxylic acids is 1. The summed E-state index contributed by atoms with van der Waals surface area (Å²) < 4.78 is 5.21. The van der Waals surface area contributed by atoms with Crippen LogP contribution in [-0.4, -0.2) is 50.6 Å². The van der Waals surface area contributed by atoms with Crippen LogP contribution in [0.5, 0.6) is 5.75 Å². The second-order valence-electron chi connectivity index (χ2n) is 6.98. The highest BCUT2D eigenvalue weighted by Gasteiger charge is 2.20. The van der Waals surface area contributed by atoms with Crippen LogP contribution < -0.4 is 15.0 Å². The summed E-state index contributed by atoms with van der Waals surface area (Å²) in [6.07, 6.45) is 0.550. The topological polar surface area (TPSA) is 44.8 Å². The van der Waals surface area contributed by atoms with E-state index in [4.69, 9.17) is 4.74 Å². The number of aryl methyl sites for hydroxylation is 1. The van der Waals surface area contributed by atoms with Crippen molar-refractivity contribution in [3.05, 3.63) is 59.7 Å². The molecule has 2 aromatic rings. The number of nitrogens with zero attached hydrogens (tertiary/aromatic N) is 2. The summed E-state index contributed by atoms with van der Waals surface area (Å²) in [6, 6.07) is 16.6. The summed E-state index contributed by atoms with van der Waals surface area (Å²) in [6.45, 7) is 6.91. The van der Waals surface area contributed by atoms with E-state index in [-0.39, 0.29) is 5.91 Å². The molecule has 5 heteroatoms. The van der Waals surface area contributed by atoms with Crippen LogP contribution in [0, 0.1) is 6.92 Å². The molecule has 1 heterocycles. The van der Waals surface area contributed by atoms with Crippen LogP contribution in [0.25, 0.3) is 0 Å². The number of amides is 1. The van der Waals surface area contributed by atoms with E-state index in [9.17, 15) is 4.79 Å². The number of nitrogens with one attached hydrogen (secondary N) is 1. The van der Waals surface area contributed by atoms with Gasteiger partial charge in [0.05, 0.1) is 7.11 Å². The smallest absolute Gasteiger partial charge is 0.223 e. The molecule has 144 valence electrons. The quantitative estimate of drug-likeness (QED) is 0.765. The van der Waals surface area contributed by atoms with Gasteiger partial charge < -0.3 is 19.9 Å². The molecule has 27 heavy (non-hydrogen) atoms. The molecule has 0 atom stereocenters. The van der Waals surface area contributed by atoms with Crippen molar-refractivity contribution in [3.63, 3.8) is 0 Å². The van der Waals surface area contributed by atoms with Crippen molar-refractivity contribution in [1.29, 1.82) is 0 Å². The first-order chi connectivity index (χ1) is 13.2. The van der Waals surface area contributed by atoms with Crippen LogP contribution in [-0.2, 0) is 11.3 Å². The molecule has 0 aromatic heterocycles. The van der Waals surface area contributed by atoms with Gasteiger partial charge in [-0.25, -0.2) is 0 Å². The van der Waals surface area contributed by atoms with Crippen molar-refractivity contribution in [1.82, 2.24) is 10.2 Å². The zero-order chi connectivity index (χ0) is 19.1. The highest BCUT2D eigenvalue weighted by molar-refractivity contribution is 5.76. The zero-order valence-corrected chi connectivity index (χ0v) is 16.3. The Labute approximate surface area is 161 Å². The number of rotatable bonds is 7. The minimum atomic E-state index is 0.237. The van der Waals surface area contributed by atoms with Gasteiger partial charge in [0, 0.05) is 51.4 Å². The first kappa shape index (κ1) is 19.2. The fourth-order valence-corrected chi connectivity index (χ4v) is 3.30. The predicted octanol–water partition coefficient (Wildman–Crippen LogP) is 2.83. The van der Waals surface area contributed by atoms with Gasteiger partial charge in [0.2, 0.25) is 5.91 Å². The molecule has 3 rings (SSSR count). The predicted molar refractivity (Wildman–Crippen MR) is 109 cm³/mol. The maximum atomic E-state index is 12.4. The Morgan fingerprint density at radius 2 is 1.67 bits per heavy atom. The van der Waals surface area contributed by atoms with Crippen LogP contribution in [0.2, 0.25) is 0 Å². The van der Waals surface area contributed by atoms with Gasteiger partial charge in [-0.05, 0) is 36.8 Å². The van der Waals surface area contributed by atoms with E-state index in [0.29, 0.717) is 13.0 Å². The third-order valence-corrected chi connectivity index (χ3v) is 5.04. The Morgan fingerprint density at radius 1 is 1.00 bits per heavy atom. The number of methoxy groups -OCH3 is 1. The third kappa shape index (κ3) is 5.47. The van der Waals surface area contributed by atoms with E-state index in [1.54, 1.807) is 7.11 Å². The largest absolute Gasteiger partial charge is 0.497 e. The van der Waals surface area contributed by atoms with E-state index in [1.165, 1.54) is 16.8 Å². The number of piperazine rings is 1. The van der Waals surface area contributed by atoms with Crippen molar-refractivity contribution in [3.8, 4) is 5.75 Å².